The Morgan fingerprint density at radius 3 is 2.68 bits per heavy atom. The van der Waals surface area contributed by atoms with E-state index in [1.807, 2.05) is 39.1 Å². The van der Waals surface area contributed by atoms with Crippen molar-refractivity contribution in [3.63, 3.8) is 0 Å². The summed E-state index contributed by atoms with van der Waals surface area (Å²) in [7, 11) is 3.43. The van der Waals surface area contributed by atoms with Gasteiger partial charge in [0.05, 0.1) is 10.6 Å². The van der Waals surface area contributed by atoms with Crippen molar-refractivity contribution in [1.29, 1.82) is 0 Å². The van der Waals surface area contributed by atoms with Crippen molar-refractivity contribution in [2.75, 3.05) is 19.5 Å². The van der Waals surface area contributed by atoms with E-state index in [1.54, 1.807) is 7.11 Å². The molecule has 2 rings (SSSR count). The van der Waals surface area contributed by atoms with E-state index < -0.39 is 5.60 Å². The summed E-state index contributed by atoms with van der Waals surface area (Å²) >= 11 is 6.20. The Bertz CT molecular complexity index is 581. The topological polar surface area (TPSA) is 60.2 Å². The third-order valence-electron chi connectivity index (χ3n) is 2.96. The molecule has 1 aromatic heterocycles. The first kappa shape index (κ1) is 13.8. The minimum atomic E-state index is -0.598. The monoisotopic (exact) mass is 281 g/mol. The van der Waals surface area contributed by atoms with Gasteiger partial charge in [0.1, 0.15) is 5.60 Å². The third-order valence-corrected chi connectivity index (χ3v) is 3.28. The van der Waals surface area contributed by atoms with Crippen LogP contribution in [-0.2, 0) is 10.3 Å². The molecule has 0 aliphatic rings. The van der Waals surface area contributed by atoms with Gasteiger partial charge in [0, 0.05) is 19.8 Å². The van der Waals surface area contributed by atoms with Crippen LogP contribution in [0.2, 0.25) is 5.02 Å². The molecule has 0 fully saturated rings. The van der Waals surface area contributed by atoms with Crippen LogP contribution < -0.4 is 5.32 Å². The number of rotatable bonds is 4. The minimum Gasteiger partial charge on any atom is -0.388 e. The van der Waals surface area contributed by atoms with Gasteiger partial charge >= 0.3 is 0 Å². The Balaban J connectivity index is 2.38. The van der Waals surface area contributed by atoms with E-state index in [0.717, 1.165) is 5.69 Å². The van der Waals surface area contributed by atoms with E-state index >= 15 is 0 Å². The predicted octanol–water partition coefficient (Wildman–Crippen LogP) is 3.31. The molecule has 0 aliphatic heterocycles. The summed E-state index contributed by atoms with van der Waals surface area (Å²) in [5.74, 6) is 0.867. The molecular weight excluding hydrogens is 266 g/mol. The quantitative estimate of drug-likeness (QED) is 0.931. The van der Waals surface area contributed by atoms with Crippen LogP contribution in [0.5, 0.6) is 0 Å². The van der Waals surface area contributed by atoms with Crippen molar-refractivity contribution in [3.8, 4) is 11.5 Å². The number of anilines is 1. The first-order chi connectivity index (χ1) is 8.97. The molecule has 5 nitrogen and oxygen atoms in total. The summed E-state index contributed by atoms with van der Waals surface area (Å²) in [5, 5.41) is 7.50. The highest BCUT2D eigenvalue weighted by molar-refractivity contribution is 6.33. The zero-order chi connectivity index (χ0) is 14.0. The van der Waals surface area contributed by atoms with Crippen molar-refractivity contribution < 1.29 is 9.26 Å². The number of benzene rings is 1. The Labute approximate surface area is 116 Å². The fraction of sp³-hybridized carbons (Fsp3) is 0.385. The zero-order valence-electron chi connectivity index (χ0n) is 11.3. The van der Waals surface area contributed by atoms with Crippen LogP contribution in [0.3, 0.4) is 0 Å². The number of ether oxygens (including phenoxy) is 1. The highest BCUT2D eigenvalue weighted by Crippen LogP contribution is 2.31. The Hall–Kier alpha value is -1.59. The maximum atomic E-state index is 6.20. The highest BCUT2D eigenvalue weighted by Gasteiger charge is 2.27. The molecule has 2 aromatic rings. The van der Waals surface area contributed by atoms with Crippen molar-refractivity contribution in [3.05, 3.63) is 29.0 Å². The van der Waals surface area contributed by atoms with Crippen molar-refractivity contribution in [2.24, 2.45) is 0 Å². The number of halogens is 1. The molecule has 0 spiro atoms. The molecule has 0 atom stereocenters. The minimum absolute atomic E-state index is 0.382. The number of aromatic nitrogens is 2. The largest absolute Gasteiger partial charge is 0.388 e. The summed E-state index contributed by atoms with van der Waals surface area (Å²) in [5.41, 5.74) is 1.02. The number of nitrogens with zero attached hydrogens (tertiary/aromatic N) is 2. The molecule has 1 N–H and O–H groups in total. The molecule has 6 heteroatoms. The third kappa shape index (κ3) is 2.72. The van der Waals surface area contributed by atoms with Crippen molar-refractivity contribution >= 4 is 17.3 Å². The molecule has 0 bridgehead atoms. The van der Waals surface area contributed by atoms with Gasteiger partial charge in [0.2, 0.25) is 5.82 Å². The first-order valence-corrected chi connectivity index (χ1v) is 6.22. The number of methoxy groups -OCH3 is 1. The predicted molar refractivity (Wildman–Crippen MR) is 74.3 cm³/mol. The molecule has 102 valence electrons. The van der Waals surface area contributed by atoms with Crippen molar-refractivity contribution in [2.45, 2.75) is 19.4 Å². The summed E-state index contributed by atoms with van der Waals surface area (Å²) < 4.78 is 10.6. The maximum Gasteiger partial charge on any atom is 0.259 e. The summed E-state index contributed by atoms with van der Waals surface area (Å²) in [6.07, 6.45) is 0. The van der Waals surface area contributed by atoms with Gasteiger partial charge < -0.3 is 14.6 Å². The second-order valence-corrected chi connectivity index (χ2v) is 4.99. The van der Waals surface area contributed by atoms with Gasteiger partial charge in [-0.2, -0.15) is 4.98 Å². The van der Waals surface area contributed by atoms with Gasteiger partial charge in [-0.25, -0.2) is 0 Å². The average Bonchev–Trinajstić information content (AvgIpc) is 2.88. The number of hydrogen-bond acceptors (Lipinski definition) is 5. The van der Waals surface area contributed by atoms with E-state index in [4.69, 9.17) is 20.9 Å². The maximum absolute atomic E-state index is 6.20. The number of nitrogens with one attached hydrogen (secondary N) is 1. The van der Waals surface area contributed by atoms with Crippen LogP contribution in [-0.4, -0.2) is 24.3 Å². The molecule has 0 amide bonds. The smallest absolute Gasteiger partial charge is 0.259 e. The van der Waals surface area contributed by atoms with E-state index in [2.05, 4.69) is 15.5 Å². The molecular formula is C13H16ClN3O2. The Kier molecular flexibility index (Phi) is 3.78. The van der Waals surface area contributed by atoms with Crippen LogP contribution in [0.1, 0.15) is 19.7 Å². The van der Waals surface area contributed by atoms with Gasteiger partial charge in [-0.15, -0.1) is 0 Å². The van der Waals surface area contributed by atoms with Crippen molar-refractivity contribution in [1.82, 2.24) is 10.1 Å². The lowest BCUT2D eigenvalue weighted by molar-refractivity contribution is 0.00973. The Morgan fingerprint density at radius 1 is 1.37 bits per heavy atom. The average molecular weight is 282 g/mol. The Morgan fingerprint density at radius 2 is 2.11 bits per heavy atom. The molecule has 0 saturated carbocycles. The first-order valence-electron chi connectivity index (χ1n) is 5.85. The lowest BCUT2D eigenvalue weighted by Gasteiger charge is -2.17. The van der Waals surface area contributed by atoms with Gasteiger partial charge in [-0.05, 0) is 32.0 Å². The fourth-order valence-corrected chi connectivity index (χ4v) is 1.77. The van der Waals surface area contributed by atoms with E-state index in [9.17, 15) is 0 Å². The van der Waals surface area contributed by atoms with Gasteiger partial charge in [0.25, 0.3) is 5.89 Å². The summed E-state index contributed by atoms with van der Waals surface area (Å²) in [6, 6.07) is 5.54. The van der Waals surface area contributed by atoms with Crippen LogP contribution in [0, 0.1) is 0 Å². The molecule has 0 radical (unpaired) electrons. The summed E-state index contributed by atoms with van der Waals surface area (Å²) in [6.45, 7) is 3.74. The lowest BCUT2D eigenvalue weighted by atomic mass is 10.1. The molecule has 0 saturated heterocycles. The molecule has 0 aliphatic carbocycles. The van der Waals surface area contributed by atoms with Crippen LogP contribution in [0.15, 0.2) is 22.7 Å². The lowest BCUT2D eigenvalue weighted by Crippen LogP contribution is -2.21. The standard InChI is InChI=1S/C13H16ClN3O2/c1-13(2,18-4)12-16-11(19-17-12)9-6-5-8(15-3)7-10(9)14/h5-7,15H,1-4H3. The van der Waals surface area contributed by atoms with E-state index in [0.29, 0.717) is 22.3 Å². The zero-order valence-corrected chi connectivity index (χ0v) is 12.1. The van der Waals surface area contributed by atoms with Gasteiger partial charge in [0.15, 0.2) is 0 Å². The SMILES string of the molecule is CNc1ccc(-c2nc(C(C)(C)OC)no2)c(Cl)c1. The van der Waals surface area contributed by atoms with Crippen LogP contribution in [0.25, 0.3) is 11.5 Å². The van der Waals surface area contributed by atoms with E-state index in [-0.39, 0.29) is 0 Å². The second-order valence-electron chi connectivity index (χ2n) is 4.58. The van der Waals surface area contributed by atoms with E-state index in [1.165, 1.54) is 0 Å². The number of hydrogen-bond donors (Lipinski definition) is 1. The fourth-order valence-electron chi connectivity index (χ4n) is 1.51. The highest BCUT2D eigenvalue weighted by atomic mass is 35.5. The van der Waals surface area contributed by atoms with Gasteiger partial charge in [-0.1, -0.05) is 16.8 Å². The summed E-state index contributed by atoms with van der Waals surface area (Å²) in [4.78, 5) is 4.33. The molecule has 1 heterocycles. The van der Waals surface area contributed by atoms with Gasteiger partial charge in [-0.3, -0.25) is 0 Å². The normalized spacial score (nSPS) is 11.6. The van der Waals surface area contributed by atoms with Crippen LogP contribution in [0.4, 0.5) is 5.69 Å². The molecule has 19 heavy (non-hydrogen) atoms. The molecule has 1 aromatic carbocycles. The van der Waals surface area contributed by atoms with Crippen LogP contribution >= 0.6 is 11.6 Å². The second kappa shape index (κ2) is 5.19. The molecule has 0 unspecified atom stereocenters.